The number of fused-ring (bicyclic) bond motifs is 2. The molecule has 2 aliphatic heterocycles. The van der Waals surface area contributed by atoms with Crippen molar-refractivity contribution >= 4 is 57.7 Å². The fraction of sp³-hybridized carbons (Fsp3) is 0.643. The van der Waals surface area contributed by atoms with E-state index in [-0.39, 0.29) is 47.5 Å². The number of halogens is 1. The lowest BCUT2D eigenvalue weighted by Crippen LogP contribution is -2.59. The standard InChI is InChI=1S/C42H54ClN7O10S/c1-6-25-20-42(25,38(53)54)46-36(51)29-18-27(21-50(29)37(52)35(41(3,4)5)45-39(55)59-26-16-23-15-24(23)17-26)58-31-19-32(60-40-48-47-22(2)61-40)44-34-28(31)7-8-30(33(34)43)57-14-11-49-9-12-56-13-10-49/h7-8,19,23-27,29,35H,6,9-18,20-21H2,1-5H3,(H,45,55)(H,46,51)(H,53,54)/t23-,24+,25-,26+,27-,29+,35-,42-/m1/s1. The third kappa shape index (κ3) is 9.46. The Morgan fingerprint density at radius 3 is 2.48 bits per heavy atom. The molecule has 1 aromatic carbocycles. The highest BCUT2D eigenvalue weighted by Crippen LogP contribution is 2.52. The topological polar surface area (TPSA) is 204 Å². The van der Waals surface area contributed by atoms with Crippen LogP contribution in [0.4, 0.5) is 4.79 Å². The van der Waals surface area contributed by atoms with E-state index in [9.17, 15) is 24.3 Å². The second-order valence-electron chi connectivity index (χ2n) is 18.0. The minimum Gasteiger partial charge on any atom is -0.491 e. The van der Waals surface area contributed by atoms with Crippen molar-refractivity contribution < 1.29 is 48.0 Å². The minimum atomic E-state index is -1.43. The maximum Gasteiger partial charge on any atom is 0.408 e. The molecule has 3 amide bonds. The molecule has 0 radical (unpaired) electrons. The summed E-state index contributed by atoms with van der Waals surface area (Å²) in [6.07, 6.45) is 1.99. The first-order valence-corrected chi connectivity index (χ1v) is 22.3. The summed E-state index contributed by atoms with van der Waals surface area (Å²) in [6, 6.07) is 2.90. The predicted octanol–water partition coefficient (Wildman–Crippen LogP) is 5.21. The molecule has 2 saturated heterocycles. The van der Waals surface area contributed by atoms with Gasteiger partial charge in [-0.05, 0) is 67.9 Å². The number of rotatable bonds is 15. The number of aromatic nitrogens is 3. The highest BCUT2D eigenvalue weighted by atomic mass is 35.5. The van der Waals surface area contributed by atoms with Crippen molar-refractivity contribution in [2.45, 2.75) is 103 Å². The lowest BCUT2D eigenvalue weighted by molar-refractivity contribution is -0.146. The van der Waals surface area contributed by atoms with Gasteiger partial charge >= 0.3 is 17.3 Å². The average molecular weight is 884 g/mol. The van der Waals surface area contributed by atoms with Crippen LogP contribution in [-0.2, 0) is 23.9 Å². The Labute approximate surface area is 363 Å². The molecular weight excluding hydrogens is 830 g/mol. The molecule has 330 valence electrons. The number of likely N-dealkylation sites (tertiary alicyclic amines) is 1. The lowest BCUT2D eigenvalue weighted by atomic mass is 9.85. The molecular formula is C42H54ClN7O10S. The van der Waals surface area contributed by atoms with Gasteiger partial charge in [-0.1, -0.05) is 62.2 Å². The van der Waals surface area contributed by atoms with Crippen LogP contribution < -0.4 is 24.8 Å². The summed E-state index contributed by atoms with van der Waals surface area (Å²) in [5.74, 6) is -0.478. The van der Waals surface area contributed by atoms with E-state index >= 15 is 0 Å². The summed E-state index contributed by atoms with van der Waals surface area (Å²) in [6.45, 7) is 13.1. The first-order valence-electron chi connectivity index (χ1n) is 21.2. The van der Waals surface area contributed by atoms with Crippen LogP contribution in [0.2, 0.25) is 5.02 Å². The number of hydrogen-bond acceptors (Lipinski definition) is 14. The second kappa shape index (κ2) is 17.3. The number of alkyl carbamates (subject to hydrolysis) is 1. The van der Waals surface area contributed by atoms with Crippen LogP contribution in [0.1, 0.15) is 71.2 Å². The molecule has 3 aromatic rings. The summed E-state index contributed by atoms with van der Waals surface area (Å²) in [5.41, 5.74) is -1.89. The number of carboxylic acids is 1. The van der Waals surface area contributed by atoms with Gasteiger partial charge in [0, 0.05) is 37.5 Å². The van der Waals surface area contributed by atoms with E-state index < -0.39 is 53.0 Å². The van der Waals surface area contributed by atoms with Gasteiger partial charge in [0.25, 0.3) is 0 Å². The van der Waals surface area contributed by atoms with Gasteiger partial charge in [0.2, 0.25) is 17.7 Å². The quantitative estimate of drug-likeness (QED) is 0.180. The van der Waals surface area contributed by atoms with Crippen molar-refractivity contribution in [3.8, 4) is 22.6 Å². The summed E-state index contributed by atoms with van der Waals surface area (Å²) in [5, 5.41) is 25.6. The Hall–Kier alpha value is -4.52. The van der Waals surface area contributed by atoms with E-state index in [1.54, 1.807) is 25.1 Å². The molecule has 0 spiro atoms. The van der Waals surface area contributed by atoms with Crippen LogP contribution in [0.25, 0.3) is 10.9 Å². The lowest BCUT2D eigenvalue weighted by Gasteiger charge is -2.35. The molecule has 0 unspecified atom stereocenters. The molecule has 5 aliphatic rings. The number of nitrogens with one attached hydrogen (secondary N) is 2. The molecule has 5 fully saturated rings. The summed E-state index contributed by atoms with van der Waals surface area (Å²) in [4.78, 5) is 63.1. The van der Waals surface area contributed by atoms with E-state index in [4.69, 9.17) is 40.3 Å². The number of aryl methyl sites for hydroxylation is 1. The van der Waals surface area contributed by atoms with Crippen molar-refractivity contribution in [1.82, 2.24) is 35.6 Å². The number of pyridine rings is 1. The molecule has 2 aromatic heterocycles. The molecule has 3 aliphatic carbocycles. The monoisotopic (exact) mass is 883 g/mol. The third-order valence-electron chi connectivity index (χ3n) is 12.6. The van der Waals surface area contributed by atoms with Crippen molar-refractivity contribution in [3.05, 3.63) is 28.2 Å². The van der Waals surface area contributed by atoms with Crippen molar-refractivity contribution in [3.63, 3.8) is 0 Å². The van der Waals surface area contributed by atoms with Gasteiger partial charge in [0.15, 0.2) is 0 Å². The number of hydrogen-bond donors (Lipinski definition) is 3. The Balaban J connectivity index is 1.07. The zero-order valence-electron chi connectivity index (χ0n) is 35.1. The number of nitrogens with zero attached hydrogens (tertiary/aromatic N) is 5. The van der Waals surface area contributed by atoms with Gasteiger partial charge < -0.3 is 44.3 Å². The third-order valence-corrected chi connectivity index (χ3v) is 13.7. The van der Waals surface area contributed by atoms with Gasteiger partial charge in [-0.2, -0.15) is 0 Å². The average Bonchev–Trinajstić information content (AvgIpc) is 3.92. The second-order valence-corrected chi connectivity index (χ2v) is 19.5. The minimum absolute atomic E-state index is 0.0162. The van der Waals surface area contributed by atoms with Crippen molar-refractivity contribution in [2.75, 3.05) is 46.0 Å². The first kappa shape index (κ1) is 43.1. The Morgan fingerprint density at radius 1 is 1.07 bits per heavy atom. The van der Waals surface area contributed by atoms with E-state index in [1.807, 2.05) is 27.7 Å². The number of amides is 3. The highest BCUT2D eigenvalue weighted by Gasteiger charge is 2.61. The summed E-state index contributed by atoms with van der Waals surface area (Å²) in [7, 11) is 0. The van der Waals surface area contributed by atoms with E-state index in [2.05, 4.69) is 25.7 Å². The number of carbonyl (C=O) groups excluding carboxylic acids is 3. The Morgan fingerprint density at radius 2 is 1.82 bits per heavy atom. The molecule has 3 N–H and O–H groups in total. The predicted molar refractivity (Wildman–Crippen MR) is 223 cm³/mol. The van der Waals surface area contributed by atoms with Gasteiger partial charge in [-0.15, -0.1) is 5.10 Å². The molecule has 0 bridgehead atoms. The maximum atomic E-state index is 14.7. The van der Waals surface area contributed by atoms with E-state index in [0.717, 1.165) is 25.9 Å². The fourth-order valence-electron chi connectivity index (χ4n) is 8.99. The van der Waals surface area contributed by atoms with Gasteiger partial charge in [0.1, 0.15) is 63.5 Å². The largest absolute Gasteiger partial charge is 0.491 e. The fourth-order valence-corrected chi connectivity index (χ4v) is 9.79. The Kier molecular flexibility index (Phi) is 12.3. The smallest absolute Gasteiger partial charge is 0.408 e. The number of benzene rings is 1. The molecule has 19 heteroatoms. The Bertz CT molecular complexity index is 2150. The normalized spacial score (nSPS) is 27.5. The number of aliphatic carboxylic acids is 1. The maximum absolute atomic E-state index is 14.7. The number of carboxylic acid groups (broad SMARTS) is 1. The van der Waals surface area contributed by atoms with Gasteiger partial charge in [-0.25, -0.2) is 14.6 Å². The summed E-state index contributed by atoms with van der Waals surface area (Å²) < 4.78 is 30.1. The number of morpholine rings is 1. The zero-order chi connectivity index (χ0) is 43.2. The van der Waals surface area contributed by atoms with Gasteiger partial charge in [-0.3, -0.25) is 14.5 Å². The van der Waals surface area contributed by atoms with Crippen LogP contribution in [-0.4, -0.2) is 130 Å². The first-order chi connectivity index (χ1) is 29.1. The van der Waals surface area contributed by atoms with Crippen LogP contribution >= 0.6 is 22.9 Å². The van der Waals surface area contributed by atoms with Gasteiger partial charge in [0.05, 0.1) is 19.8 Å². The van der Waals surface area contributed by atoms with Crippen LogP contribution in [0.3, 0.4) is 0 Å². The molecule has 8 rings (SSSR count). The van der Waals surface area contributed by atoms with E-state index in [1.165, 1.54) is 22.7 Å². The molecule has 3 saturated carbocycles. The number of ether oxygens (including phenoxy) is 5. The molecule has 61 heavy (non-hydrogen) atoms. The molecule has 8 atom stereocenters. The SMILES string of the molecule is CC[C@@H]1C[C@]1(NC(=O)[C@@H]1C[C@@H](Oc2cc(Oc3nnc(C)s3)nc3c(Cl)c(OCCN4CCOCC4)ccc23)CN1C(=O)[C@@H](NC(=O)O[C@@H]1C[C@@H]2C[C@@H]2C1)C(C)(C)C)C(=O)O. The highest BCUT2D eigenvalue weighted by molar-refractivity contribution is 7.13. The van der Waals surface area contributed by atoms with Crippen molar-refractivity contribution in [2.24, 2.45) is 23.2 Å². The summed E-state index contributed by atoms with van der Waals surface area (Å²) >= 11 is 8.23. The van der Waals surface area contributed by atoms with Crippen molar-refractivity contribution in [1.29, 1.82) is 0 Å². The van der Waals surface area contributed by atoms with Crippen LogP contribution in [0, 0.1) is 30.1 Å². The van der Waals surface area contributed by atoms with Crippen LogP contribution in [0.5, 0.6) is 22.6 Å². The zero-order valence-corrected chi connectivity index (χ0v) is 36.7. The van der Waals surface area contributed by atoms with Crippen LogP contribution in [0.15, 0.2) is 18.2 Å². The molecule has 4 heterocycles. The van der Waals surface area contributed by atoms with E-state index in [0.29, 0.717) is 72.0 Å². The number of carbonyl (C=O) groups is 4. The molecule has 17 nitrogen and oxygen atoms in total.